The number of amides is 2. The Morgan fingerprint density at radius 2 is 2.06 bits per heavy atom. The van der Waals surface area contributed by atoms with Crippen LogP contribution < -0.4 is 0 Å². The number of carboxylic acid groups (broad SMARTS) is 1. The molecular formula is C26H34N2O5S. The summed E-state index contributed by atoms with van der Waals surface area (Å²) in [5, 5.41) is 20.3. The highest BCUT2D eigenvalue weighted by molar-refractivity contribution is 8.02. The molecule has 0 aliphatic carbocycles. The van der Waals surface area contributed by atoms with Crippen LogP contribution in [0, 0.1) is 17.8 Å². The number of hydrogen-bond acceptors (Lipinski definition) is 5. The summed E-state index contributed by atoms with van der Waals surface area (Å²) in [6, 6.07) is 7.64. The third-order valence-corrected chi connectivity index (χ3v) is 9.91. The van der Waals surface area contributed by atoms with Crippen molar-refractivity contribution in [2.24, 2.45) is 17.8 Å². The van der Waals surface area contributed by atoms with Crippen molar-refractivity contribution in [3.63, 3.8) is 0 Å². The summed E-state index contributed by atoms with van der Waals surface area (Å²) in [5.41, 5.74) is 0.732. The standard InChI is InChI=1S/C26H34N2O5S/c1-4-6-13-27(12-5-2)24(31)22-26-16(3)14-19(34-26)20(25(32)33)21(26)23(30)28(22)18(15-29)17-10-8-7-9-11-17/h5,7-11,16,18-22,29H,2,4,6,12-15H2,1,3H3,(H,32,33)/t16?,18-,19-,20+,21+,22?,26?/m1/s1. The Morgan fingerprint density at radius 3 is 2.65 bits per heavy atom. The highest BCUT2D eigenvalue weighted by Crippen LogP contribution is 2.69. The molecule has 2 amide bonds. The van der Waals surface area contributed by atoms with Gasteiger partial charge in [0.05, 0.1) is 29.2 Å². The molecule has 7 atom stereocenters. The SMILES string of the molecule is C=CCN(CCCC)C(=O)C1N([C@H](CO)c2ccccc2)C(=O)[C@@H]2[C@@H](C(=O)O)[C@H]3CC(C)C12S3. The average molecular weight is 487 g/mol. The molecule has 1 aromatic carbocycles. The summed E-state index contributed by atoms with van der Waals surface area (Å²) in [6.07, 6.45) is 4.09. The number of aliphatic hydroxyl groups excluding tert-OH is 1. The summed E-state index contributed by atoms with van der Waals surface area (Å²) >= 11 is 1.52. The number of unbranched alkanes of at least 4 members (excludes halogenated alkanes) is 1. The Morgan fingerprint density at radius 1 is 1.35 bits per heavy atom. The lowest BCUT2D eigenvalue weighted by Gasteiger charge is -2.42. The maximum atomic E-state index is 14.2. The van der Waals surface area contributed by atoms with Gasteiger partial charge in [0.1, 0.15) is 6.04 Å². The third kappa shape index (κ3) is 3.66. The first-order valence-electron chi connectivity index (χ1n) is 12.1. The van der Waals surface area contributed by atoms with Crippen molar-refractivity contribution in [1.29, 1.82) is 0 Å². The van der Waals surface area contributed by atoms with Gasteiger partial charge in [-0.1, -0.05) is 56.7 Å². The van der Waals surface area contributed by atoms with E-state index in [0.29, 0.717) is 19.5 Å². The van der Waals surface area contributed by atoms with Crippen LogP contribution >= 0.6 is 11.8 Å². The number of likely N-dealkylation sites (tertiary alicyclic amines) is 1. The second-order valence-electron chi connectivity index (χ2n) is 9.67. The zero-order chi connectivity index (χ0) is 24.6. The molecule has 0 saturated carbocycles. The van der Waals surface area contributed by atoms with Gasteiger partial charge in [0.2, 0.25) is 11.8 Å². The molecular weight excluding hydrogens is 452 g/mol. The Hall–Kier alpha value is -2.32. The van der Waals surface area contributed by atoms with E-state index in [0.717, 1.165) is 18.4 Å². The quantitative estimate of drug-likeness (QED) is 0.494. The summed E-state index contributed by atoms with van der Waals surface area (Å²) in [5.74, 6) is -3.10. The molecule has 8 heteroatoms. The number of rotatable bonds is 10. The molecule has 0 radical (unpaired) electrons. The van der Waals surface area contributed by atoms with E-state index in [1.165, 1.54) is 16.7 Å². The van der Waals surface area contributed by atoms with Gasteiger partial charge in [0.25, 0.3) is 0 Å². The lowest BCUT2D eigenvalue weighted by molar-refractivity contribution is -0.150. The molecule has 3 unspecified atom stereocenters. The number of thioether (sulfide) groups is 1. The second kappa shape index (κ2) is 9.74. The lowest BCUT2D eigenvalue weighted by Crippen LogP contribution is -2.57. The van der Waals surface area contributed by atoms with Crippen LogP contribution in [0.1, 0.15) is 44.7 Å². The molecule has 3 aliphatic heterocycles. The van der Waals surface area contributed by atoms with E-state index < -0.39 is 34.6 Å². The maximum Gasteiger partial charge on any atom is 0.308 e. The van der Waals surface area contributed by atoms with Gasteiger partial charge >= 0.3 is 5.97 Å². The van der Waals surface area contributed by atoms with E-state index in [1.54, 1.807) is 11.0 Å². The molecule has 184 valence electrons. The summed E-state index contributed by atoms with van der Waals surface area (Å²) in [7, 11) is 0. The van der Waals surface area contributed by atoms with Gasteiger partial charge in [-0.2, -0.15) is 0 Å². The number of benzene rings is 1. The molecule has 1 spiro atoms. The van der Waals surface area contributed by atoms with Gasteiger partial charge in [0, 0.05) is 18.3 Å². The van der Waals surface area contributed by atoms with E-state index in [9.17, 15) is 24.6 Å². The molecule has 1 aromatic rings. The van der Waals surface area contributed by atoms with Crippen molar-refractivity contribution in [3.05, 3.63) is 48.6 Å². The Labute approximate surface area is 205 Å². The minimum absolute atomic E-state index is 0.00197. The molecule has 34 heavy (non-hydrogen) atoms. The van der Waals surface area contributed by atoms with Crippen molar-refractivity contribution in [3.8, 4) is 0 Å². The zero-order valence-electron chi connectivity index (χ0n) is 19.8. The number of fused-ring (bicyclic) bond motifs is 1. The monoisotopic (exact) mass is 486 g/mol. The Kier molecular flexibility index (Phi) is 7.10. The Balaban J connectivity index is 1.85. The predicted octanol–water partition coefficient (Wildman–Crippen LogP) is 2.96. The topological polar surface area (TPSA) is 98.2 Å². The first-order valence-corrected chi connectivity index (χ1v) is 13.0. The van der Waals surface area contributed by atoms with Crippen LogP contribution in [0.15, 0.2) is 43.0 Å². The van der Waals surface area contributed by atoms with Crippen LogP contribution in [0.25, 0.3) is 0 Å². The highest BCUT2D eigenvalue weighted by Gasteiger charge is 2.77. The van der Waals surface area contributed by atoms with E-state index in [1.807, 2.05) is 37.3 Å². The van der Waals surface area contributed by atoms with Gasteiger partial charge in [-0.25, -0.2) is 0 Å². The van der Waals surface area contributed by atoms with Crippen LogP contribution in [-0.2, 0) is 14.4 Å². The van der Waals surface area contributed by atoms with Crippen molar-refractivity contribution < 1.29 is 24.6 Å². The van der Waals surface area contributed by atoms with Crippen LogP contribution in [0.2, 0.25) is 0 Å². The van der Waals surface area contributed by atoms with E-state index in [4.69, 9.17) is 0 Å². The van der Waals surface area contributed by atoms with Gasteiger partial charge in [-0.3, -0.25) is 14.4 Å². The minimum atomic E-state index is -0.980. The number of carboxylic acids is 1. The molecule has 4 rings (SSSR count). The highest BCUT2D eigenvalue weighted by atomic mass is 32.2. The van der Waals surface area contributed by atoms with E-state index in [-0.39, 0.29) is 29.6 Å². The van der Waals surface area contributed by atoms with Crippen LogP contribution in [-0.4, -0.2) is 73.5 Å². The second-order valence-corrected chi connectivity index (χ2v) is 11.2. The summed E-state index contributed by atoms with van der Waals surface area (Å²) in [6.45, 7) is 8.46. The molecule has 2 bridgehead atoms. The number of carbonyl (C=O) groups is 3. The number of hydrogen-bond donors (Lipinski definition) is 2. The third-order valence-electron chi connectivity index (χ3n) is 7.84. The number of aliphatic carboxylic acids is 1. The summed E-state index contributed by atoms with van der Waals surface area (Å²) < 4.78 is -0.824. The normalized spacial score (nSPS) is 32.5. The van der Waals surface area contributed by atoms with Gasteiger partial charge in [0.15, 0.2) is 0 Å². The van der Waals surface area contributed by atoms with Crippen LogP contribution in [0.5, 0.6) is 0 Å². The number of nitrogens with zero attached hydrogens (tertiary/aromatic N) is 2. The van der Waals surface area contributed by atoms with Crippen molar-refractivity contribution in [2.75, 3.05) is 19.7 Å². The van der Waals surface area contributed by atoms with E-state index >= 15 is 0 Å². The predicted molar refractivity (Wildman–Crippen MR) is 131 cm³/mol. The molecule has 7 nitrogen and oxygen atoms in total. The molecule has 2 N–H and O–H groups in total. The summed E-state index contributed by atoms with van der Waals surface area (Å²) in [4.78, 5) is 43.9. The molecule has 3 saturated heterocycles. The average Bonchev–Trinajstić information content (AvgIpc) is 3.42. The first-order chi connectivity index (χ1) is 16.3. The van der Waals surface area contributed by atoms with E-state index in [2.05, 4.69) is 13.5 Å². The minimum Gasteiger partial charge on any atom is -0.481 e. The smallest absolute Gasteiger partial charge is 0.308 e. The van der Waals surface area contributed by atoms with Crippen molar-refractivity contribution >= 4 is 29.5 Å². The van der Waals surface area contributed by atoms with Crippen LogP contribution in [0.4, 0.5) is 0 Å². The van der Waals surface area contributed by atoms with Gasteiger partial charge < -0.3 is 20.0 Å². The molecule has 3 aliphatic rings. The largest absolute Gasteiger partial charge is 0.481 e. The molecule has 0 aromatic heterocycles. The maximum absolute atomic E-state index is 14.2. The van der Waals surface area contributed by atoms with Crippen LogP contribution in [0.3, 0.4) is 0 Å². The van der Waals surface area contributed by atoms with Gasteiger partial charge in [-0.05, 0) is 24.3 Å². The molecule has 3 fully saturated rings. The molecule has 3 heterocycles. The Bertz CT molecular complexity index is 956. The first kappa shape index (κ1) is 24.8. The van der Waals surface area contributed by atoms with Crippen molar-refractivity contribution in [1.82, 2.24) is 9.80 Å². The fraction of sp³-hybridized carbons (Fsp3) is 0.577. The zero-order valence-corrected chi connectivity index (χ0v) is 20.6. The lowest BCUT2D eigenvalue weighted by atomic mass is 9.66. The fourth-order valence-electron chi connectivity index (χ4n) is 6.36. The fourth-order valence-corrected chi connectivity index (χ4v) is 8.75. The number of aliphatic hydroxyl groups is 1. The van der Waals surface area contributed by atoms with Crippen molar-refractivity contribution in [2.45, 2.75) is 55.2 Å². The van der Waals surface area contributed by atoms with Gasteiger partial charge in [-0.15, -0.1) is 18.3 Å². The number of carbonyl (C=O) groups excluding carboxylic acids is 2.